The molecule has 1 saturated heterocycles. The molecule has 1 aliphatic rings. The first-order chi connectivity index (χ1) is 6.06. The highest BCUT2D eigenvalue weighted by molar-refractivity contribution is 14.1. The van der Waals surface area contributed by atoms with E-state index < -0.39 is 0 Å². The van der Waals surface area contributed by atoms with Crippen LogP contribution in [-0.4, -0.2) is 37.4 Å². The zero-order valence-electron chi connectivity index (χ0n) is 8.66. The minimum absolute atomic E-state index is 0.0586. The highest BCUT2D eigenvalue weighted by Crippen LogP contribution is 2.29. The Morgan fingerprint density at radius 1 is 1.38 bits per heavy atom. The molecule has 78 valence electrons. The average molecular weight is 299 g/mol. The minimum Gasteiger partial charge on any atom is -0.348 e. The van der Waals surface area contributed by atoms with Crippen LogP contribution in [-0.2, 0) is 7.80 Å². The number of nitrogens with zero attached hydrogens (tertiary/aromatic N) is 1. The first-order valence-electron chi connectivity index (χ1n) is 4.65. The van der Waals surface area contributed by atoms with E-state index in [0.717, 1.165) is 6.42 Å². The van der Waals surface area contributed by atoms with E-state index in [1.165, 1.54) is 0 Å². The van der Waals surface area contributed by atoms with Gasteiger partial charge in [0.15, 0.2) is 6.29 Å². The molecule has 0 aromatic rings. The molecule has 0 unspecified atom stereocenters. The van der Waals surface area contributed by atoms with Gasteiger partial charge in [-0.3, -0.25) is 3.07 Å². The average Bonchev–Trinajstić information content (AvgIpc) is 2.08. The first kappa shape index (κ1) is 11.7. The van der Waals surface area contributed by atoms with Crippen molar-refractivity contribution in [3.05, 3.63) is 0 Å². The van der Waals surface area contributed by atoms with Gasteiger partial charge >= 0.3 is 0 Å². The Hall–Kier alpha value is 0.610. The lowest BCUT2D eigenvalue weighted by Crippen LogP contribution is -2.48. The molecule has 13 heavy (non-hydrogen) atoms. The molecule has 0 N–H and O–H groups in total. The van der Waals surface area contributed by atoms with Gasteiger partial charge in [-0.2, -0.15) is 0 Å². The Balaban J connectivity index is 2.63. The molecular weight excluding hydrogens is 281 g/mol. The highest BCUT2D eigenvalue weighted by Gasteiger charge is 2.35. The predicted molar refractivity (Wildman–Crippen MR) is 60.7 cm³/mol. The fourth-order valence-electron chi connectivity index (χ4n) is 1.93. The van der Waals surface area contributed by atoms with E-state index in [1.807, 2.05) is 23.0 Å². The van der Waals surface area contributed by atoms with Crippen LogP contribution in [0.25, 0.3) is 0 Å². The minimum atomic E-state index is -0.0586. The second-order valence-corrected chi connectivity index (χ2v) is 4.54. The van der Waals surface area contributed by atoms with Gasteiger partial charge in [0, 0.05) is 12.0 Å². The summed E-state index contributed by atoms with van der Waals surface area (Å²) in [5.74, 6) is 0.433. The molecular formula is C9H18INO2. The number of hydrogen-bond acceptors (Lipinski definition) is 3. The van der Waals surface area contributed by atoms with Crippen molar-refractivity contribution in [1.29, 1.82) is 0 Å². The van der Waals surface area contributed by atoms with Crippen molar-refractivity contribution in [3.8, 4) is 0 Å². The molecule has 0 aromatic carbocycles. The molecule has 1 heterocycles. The molecule has 4 atom stereocenters. The van der Waals surface area contributed by atoms with Crippen LogP contribution in [0, 0.1) is 5.92 Å². The Morgan fingerprint density at radius 2 is 2.00 bits per heavy atom. The van der Waals surface area contributed by atoms with Crippen molar-refractivity contribution in [1.82, 2.24) is 4.90 Å². The second-order valence-electron chi connectivity index (χ2n) is 4.03. The zero-order chi connectivity index (χ0) is 10.0. The first-order valence-corrected chi connectivity index (χ1v) is 5.53. The molecule has 0 aromatic heterocycles. The molecule has 1 rings (SSSR count). The maximum atomic E-state index is 5.67. The predicted octanol–water partition coefficient (Wildman–Crippen LogP) is 2.05. The van der Waals surface area contributed by atoms with E-state index in [1.54, 1.807) is 0 Å². The van der Waals surface area contributed by atoms with Crippen LogP contribution in [0.5, 0.6) is 0 Å². The molecule has 3 nitrogen and oxygen atoms in total. The van der Waals surface area contributed by atoms with Crippen molar-refractivity contribution < 1.29 is 7.80 Å². The molecule has 0 saturated carbocycles. The van der Waals surface area contributed by atoms with Crippen LogP contribution >= 0.6 is 23.0 Å². The van der Waals surface area contributed by atoms with Gasteiger partial charge in [0.1, 0.15) is 23.0 Å². The Kier molecular flexibility index (Phi) is 4.41. The van der Waals surface area contributed by atoms with Crippen LogP contribution in [0.3, 0.4) is 0 Å². The van der Waals surface area contributed by atoms with Crippen molar-refractivity contribution >= 4 is 23.0 Å². The van der Waals surface area contributed by atoms with Gasteiger partial charge in [0.05, 0.1) is 6.10 Å². The summed E-state index contributed by atoms with van der Waals surface area (Å²) >= 11 is 1.92. The Morgan fingerprint density at radius 3 is 2.46 bits per heavy atom. The van der Waals surface area contributed by atoms with Crippen molar-refractivity contribution in [2.24, 2.45) is 5.92 Å². The fraction of sp³-hybridized carbons (Fsp3) is 1.00. The van der Waals surface area contributed by atoms with Gasteiger partial charge in [0.25, 0.3) is 0 Å². The van der Waals surface area contributed by atoms with E-state index >= 15 is 0 Å². The molecule has 4 heteroatoms. The zero-order valence-corrected chi connectivity index (χ0v) is 10.8. The highest BCUT2D eigenvalue weighted by atomic mass is 127. The maximum Gasteiger partial charge on any atom is 0.173 e. The lowest BCUT2D eigenvalue weighted by atomic mass is 9.92. The third kappa shape index (κ3) is 2.78. The summed E-state index contributed by atoms with van der Waals surface area (Å²) in [6, 6.07) is 0.559. The standard InChI is InChI=1S/C9H18INO2/c1-6-5-8(11(3)4)7(2)9(12-6)13-10/h6-9H,5H2,1-4H3/t6-,7-,8+,9+/m1/s1. The molecule has 0 bridgehead atoms. The van der Waals surface area contributed by atoms with E-state index in [-0.39, 0.29) is 6.29 Å². The van der Waals surface area contributed by atoms with Gasteiger partial charge in [-0.1, -0.05) is 6.92 Å². The molecule has 0 radical (unpaired) electrons. The second kappa shape index (κ2) is 4.91. The fourth-order valence-corrected chi connectivity index (χ4v) is 2.51. The smallest absolute Gasteiger partial charge is 0.173 e. The summed E-state index contributed by atoms with van der Waals surface area (Å²) in [6.07, 6.45) is 1.32. The quantitative estimate of drug-likeness (QED) is 0.729. The van der Waals surface area contributed by atoms with Gasteiger partial charge < -0.3 is 9.64 Å². The molecule has 0 spiro atoms. The van der Waals surface area contributed by atoms with Crippen molar-refractivity contribution in [2.75, 3.05) is 14.1 Å². The van der Waals surface area contributed by atoms with E-state index in [0.29, 0.717) is 18.1 Å². The summed E-state index contributed by atoms with van der Waals surface area (Å²) in [5, 5.41) is 0. The monoisotopic (exact) mass is 299 g/mol. The molecule has 1 fully saturated rings. The summed E-state index contributed by atoms with van der Waals surface area (Å²) in [7, 11) is 4.23. The van der Waals surface area contributed by atoms with Gasteiger partial charge in [-0.15, -0.1) is 0 Å². The summed E-state index contributed by atoms with van der Waals surface area (Å²) in [4.78, 5) is 2.26. The van der Waals surface area contributed by atoms with Crippen LogP contribution in [0.15, 0.2) is 0 Å². The molecule has 1 aliphatic heterocycles. The maximum absolute atomic E-state index is 5.67. The largest absolute Gasteiger partial charge is 0.348 e. The van der Waals surface area contributed by atoms with Crippen LogP contribution in [0.1, 0.15) is 20.3 Å². The SMILES string of the molecule is C[C@H]1[C@H](OI)O[C@H](C)C[C@@H]1N(C)C. The molecule has 0 amide bonds. The van der Waals surface area contributed by atoms with Crippen LogP contribution in [0.2, 0.25) is 0 Å². The Labute approximate surface area is 94.5 Å². The third-order valence-electron chi connectivity index (χ3n) is 2.73. The Bertz CT molecular complexity index is 166. The normalized spacial score (nSPS) is 41.1. The van der Waals surface area contributed by atoms with E-state index in [2.05, 4.69) is 32.8 Å². The van der Waals surface area contributed by atoms with Gasteiger partial charge in [0.2, 0.25) is 0 Å². The lowest BCUT2D eigenvalue weighted by Gasteiger charge is -2.41. The summed E-state index contributed by atoms with van der Waals surface area (Å²) in [5.41, 5.74) is 0. The van der Waals surface area contributed by atoms with Crippen molar-refractivity contribution in [3.63, 3.8) is 0 Å². The van der Waals surface area contributed by atoms with Crippen LogP contribution < -0.4 is 0 Å². The third-order valence-corrected chi connectivity index (χ3v) is 3.23. The van der Waals surface area contributed by atoms with Crippen LogP contribution in [0.4, 0.5) is 0 Å². The number of ether oxygens (including phenoxy) is 1. The lowest BCUT2D eigenvalue weighted by molar-refractivity contribution is -0.173. The van der Waals surface area contributed by atoms with Gasteiger partial charge in [-0.05, 0) is 27.4 Å². The summed E-state index contributed by atoms with van der Waals surface area (Å²) in [6.45, 7) is 4.28. The van der Waals surface area contributed by atoms with Gasteiger partial charge in [-0.25, -0.2) is 0 Å². The van der Waals surface area contributed by atoms with E-state index in [4.69, 9.17) is 7.80 Å². The number of rotatable bonds is 2. The number of hydrogen-bond donors (Lipinski definition) is 0. The van der Waals surface area contributed by atoms with E-state index in [9.17, 15) is 0 Å². The summed E-state index contributed by atoms with van der Waals surface area (Å²) < 4.78 is 10.9. The topological polar surface area (TPSA) is 21.7 Å². The number of halogens is 1. The van der Waals surface area contributed by atoms with Crippen molar-refractivity contribution in [2.45, 2.75) is 38.7 Å². The molecule has 0 aliphatic carbocycles.